The summed E-state index contributed by atoms with van der Waals surface area (Å²) in [7, 11) is 1.57. The van der Waals surface area contributed by atoms with Crippen molar-refractivity contribution in [3.05, 3.63) is 28.8 Å². The Hall–Kier alpha value is -1.28. The summed E-state index contributed by atoms with van der Waals surface area (Å²) in [6.07, 6.45) is 0.421. The van der Waals surface area contributed by atoms with Crippen molar-refractivity contribution in [2.45, 2.75) is 12.5 Å². The standard InChI is InChI=1S/C16H22ClN3O3S/c1-23-6-4-19-16(22)13-3-2-11(8-14(13)17)20-15(21)9-12-10-24-7-5-18-12/h2-3,8,12,18H,4-7,9-10H2,1H3,(H,19,22)(H,20,21). The average Bonchev–Trinajstić information content (AvgIpc) is 2.56. The van der Waals surface area contributed by atoms with Gasteiger partial charge in [0.2, 0.25) is 5.91 Å². The van der Waals surface area contributed by atoms with Crippen molar-refractivity contribution in [3.8, 4) is 0 Å². The van der Waals surface area contributed by atoms with Crippen molar-refractivity contribution in [2.24, 2.45) is 0 Å². The fraction of sp³-hybridized carbons (Fsp3) is 0.500. The van der Waals surface area contributed by atoms with Crippen LogP contribution in [0.1, 0.15) is 16.8 Å². The minimum atomic E-state index is -0.265. The van der Waals surface area contributed by atoms with Crippen LogP contribution in [0, 0.1) is 0 Å². The summed E-state index contributed by atoms with van der Waals surface area (Å²) in [5.41, 5.74) is 0.956. The molecule has 0 aromatic heterocycles. The highest BCUT2D eigenvalue weighted by Crippen LogP contribution is 2.21. The summed E-state index contributed by atoms with van der Waals surface area (Å²) in [6, 6.07) is 5.07. The summed E-state index contributed by atoms with van der Waals surface area (Å²) < 4.78 is 4.88. The number of carbonyl (C=O) groups is 2. The number of anilines is 1. The molecule has 1 aliphatic rings. The highest BCUT2D eigenvalue weighted by Gasteiger charge is 2.17. The van der Waals surface area contributed by atoms with Gasteiger partial charge >= 0.3 is 0 Å². The number of nitrogens with one attached hydrogen (secondary N) is 3. The van der Waals surface area contributed by atoms with E-state index >= 15 is 0 Å². The number of thioether (sulfide) groups is 1. The predicted octanol–water partition coefficient (Wildman–Crippen LogP) is 1.75. The van der Waals surface area contributed by atoms with Gasteiger partial charge in [0, 0.05) is 49.9 Å². The third-order valence-corrected chi connectivity index (χ3v) is 4.96. The molecule has 0 aliphatic carbocycles. The monoisotopic (exact) mass is 371 g/mol. The molecule has 2 amide bonds. The Morgan fingerprint density at radius 1 is 1.46 bits per heavy atom. The fourth-order valence-electron chi connectivity index (χ4n) is 2.33. The zero-order chi connectivity index (χ0) is 17.4. The molecule has 0 saturated carbocycles. The van der Waals surface area contributed by atoms with E-state index in [-0.39, 0.29) is 17.9 Å². The molecule has 0 spiro atoms. The number of hydrogen-bond donors (Lipinski definition) is 3. The lowest BCUT2D eigenvalue weighted by Gasteiger charge is -2.22. The topological polar surface area (TPSA) is 79.5 Å². The normalized spacial score (nSPS) is 17.3. The van der Waals surface area contributed by atoms with Gasteiger partial charge in [-0.2, -0.15) is 11.8 Å². The SMILES string of the molecule is COCCNC(=O)c1ccc(NC(=O)CC2CSCCN2)cc1Cl. The fourth-order valence-corrected chi connectivity index (χ4v) is 3.54. The minimum Gasteiger partial charge on any atom is -0.383 e. The molecule has 1 aromatic rings. The molecule has 132 valence electrons. The molecule has 1 saturated heterocycles. The quantitative estimate of drug-likeness (QED) is 0.636. The maximum Gasteiger partial charge on any atom is 0.252 e. The van der Waals surface area contributed by atoms with Gasteiger partial charge in [0.15, 0.2) is 0 Å². The Kier molecular flexibility index (Phi) is 7.84. The van der Waals surface area contributed by atoms with E-state index in [9.17, 15) is 9.59 Å². The number of amides is 2. The number of benzene rings is 1. The van der Waals surface area contributed by atoms with E-state index in [2.05, 4.69) is 16.0 Å². The molecular formula is C16H22ClN3O3S. The first kappa shape index (κ1) is 19.1. The first-order valence-electron chi connectivity index (χ1n) is 7.78. The second kappa shape index (κ2) is 9.88. The van der Waals surface area contributed by atoms with Crippen LogP contribution in [0.15, 0.2) is 18.2 Å². The van der Waals surface area contributed by atoms with Crippen LogP contribution in [0.3, 0.4) is 0 Å². The van der Waals surface area contributed by atoms with Gasteiger partial charge < -0.3 is 20.7 Å². The first-order valence-corrected chi connectivity index (χ1v) is 9.31. The van der Waals surface area contributed by atoms with Crippen molar-refractivity contribution in [2.75, 3.05) is 43.6 Å². The van der Waals surface area contributed by atoms with Crippen LogP contribution < -0.4 is 16.0 Å². The lowest BCUT2D eigenvalue weighted by Crippen LogP contribution is -2.39. The second-order valence-corrected chi connectivity index (χ2v) is 6.98. The summed E-state index contributed by atoms with van der Waals surface area (Å²) >= 11 is 8.00. The Bertz CT molecular complexity index is 580. The Balaban J connectivity index is 1.88. The molecule has 1 atom stereocenters. The largest absolute Gasteiger partial charge is 0.383 e. The number of hydrogen-bond acceptors (Lipinski definition) is 5. The van der Waals surface area contributed by atoms with Gasteiger partial charge in [0.1, 0.15) is 0 Å². The first-order chi connectivity index (χ1) is 11.6. The number of carbonyl (C=O) groups excluding carboxylic acids is 2. The van der Waals surface area contributed by atoms with Crippen LogP contribution in [0.2, 0.25) is 5.02 Å². The van der Waals surface area contributed by atoms with Gasteiger partial charge in [-0.25, -0.2) is 0 Å². The number of ether oxygens (including phenoxy) is 1. The lowest BCUT2D eigenvalue weighted by atomic mass is 10.1. The summed E-state index contributed by atoms with van der Waals surface area (Å²) in [5.74, 6) is 1.69. The molecule has 1 aromatic carbocycles. The van der Waals surface area contributed by atoms with Crippen LogP contribution in [-0.4, -0.2) is 56.2 Å². The van der Waals surface area contributed by atoms with Gasteiger partial charge in [0.25, 0.3) is 5.91 Å². The predicted molar refractivity (Wildman–Crippen MR) is 98.0 cm³/mol. The number of rotatable bonds is 7. The summed E-state index contributed by atoms with van der Waals surface area (Å²) in [4.78, 5) is 24.1. The Morgan fingerprint density at radius 3 is 2.96 bits per heavy atom. The van der Waals surface area contributed by atoms with E-state index in [4.69, 9.17) is 16.3 Å². The third-order valence-electron chi connectivity index (χ3n) is 3.52. The highest BCUT2D eigenvalue weighted by molar-refractivity contribution is 7.99. The Labute approximate surface area is 151 Å². The molecule has 1 heterocycles. The summed E-state index contributed by atoms with van der Waals surface area (Å²) in [6.45, 7) is 1.78. The van der Waals surface area contributed by atoms with Gasteiger partial charge in [0.05, 0.1) is 17.2 Å². The molecule has 3 N–H and O–H groups in total. The van der Waals surface area contributed by atoms with Crippen molar-refractivity contribution in [3.63, 3.8) is 0 Å². The van der Waals surface area contributed by atoms with E-state index in [1.807, 2.05) is 11.8 Å². The molecule has 6 nitrogen and oxygen atoms in total. The maximum atomic E-state index is 12.1. The number of methoxy groups -OCH3 is 1. The molecule has 2 rings (SSSR count). The molecule has 1 aliphatic heterocycles. The maximum absolute atomic E-state index is 12.1. The van der Waals surface area contributed by atoms with Gasteiger partial charge in [-0.15, -0.1) is 0 Å². The molecule has 1 fully saturated rings. The van der Waals surface area contributed by atoms with E-state index in [0.717, 1.165) is 18.1 Å². The van der Waals surface area contributed by atoms with E-state index in [1.165, 1.54) is 0 Å². The van der Waals surface area contributed by atoms with Crippen molar-refractivity contribution in [1.82, 2.24) is 10.6 Å². The molecule has 8 heteroatoms. The van der Waals surface area contributed by atoms with Gasteiger partial charge in [-0.3, -0.25) is 9.59 Å². The lowest BCUT2D eigenvalue weighted by molar-refractivity contribution is -0.116. The van der Waals surface area contributed by atoms with Crippen LogP contribution in [0.5, 0.6) is 0 Å². The molecule has 24 heavy (non-hydrogen) atoms. The van der Waals surface area contributed by atoms with Crippen molar-refractivity contribution in [1.29, 1.82) is 0 Å². The van der Waals surface area contributed by atoms with Crippen LogP contribution in [0.4, 0.5) is 5.69 Å². The van der Waals surface area contributed by atoms with E-state index < -0.39 is 0 Å². The second-order valence-electron chi connectivity index (χ2n) is 5.42. The van der Waals surface area contributed by atoms with Crippen LogP contribution >= 0.6 is 23.4 Å². The Morgan fingerprint density at radius 2 is 2.29 bits per heavy atom. The van der Waals surface area contributed by atoms with Crippen molar-refractivity contribution < 1.29 is 14.3 Å². The highest BCUT2D eigenvalue weighted by atomic mass is 35.5. The molecule has 0 radical (unpaired) electrons. The zero-order valence-electron chi connectivity index (χ0n) is 13.6. The third kappa shape index (κ3) is 5.98. The molecule has 1 unspecified atom stereocenters. The zero-order valence-corrected chi connectivity index (χ0v) is 15.1. The molecule has 0 bridgehead atoms. The average molecular weight is 372 g/mol. The summed E-state index contributed by atoms with van der Waals surface area (Å²) in [5, 5.41) is 9.16. The van der Waals surface area contributed by atoms with E-state index in [0.29, 0.717) is 35.8 Å². The van der Waals surface area contributed by atoms with Crippen LogP contribution in [0.25, 0.3) is 0 Å². The minimum absolute atomic E-state index is 0.0663. The van der Waals surface area contributed by atoms with Gasteiger partial charge in [-0.05, 0) is 18.2 Å². The van der Waals surface area contributed by atoms with Gasteiger partial charge in [-0.1, -0.05) is 11.6 Å². The van der Waals surface area contributed by atoms with E-state index in [1.54, 1.807) is 25.3 Å². The number of halogens is 1. The smallest absolute Gasteiger partial charge is 0.252 e. The van der Waals surface area contributed by atoms with Crippen molar-refractivity contribution >= 4 is 40.9 Å². The van der Waals surface area contributed by atoms with Crippen LogP contribution in [-0.2, 0) is 9.53 Å². The molecular weight excluding hydrogens is 350 g/mol.